The van der Waals surface area contributed by atoms with Crippen molar-refractivity contribution >= 4 is 35.2 Å². The Balaban J connectivity index is 1.67. The second-order valence-electron chi connectivity index (χ2n) is 7.02. The molecule has 2 N–H and O–H groups in total. The van der Waals surface area contributed by atoms with E-state index < -0.39 is 23.4 Å². The van der Waals surface area contributed by atoms with Gasteiger partial charge in [0.05, 0.1) is 17.8 Å². The van der Waals surface area contributed by atoms with Gasteiger partial charge in [0, 0.05) is 30.8 Å². The molecule has 3 rings (SSSR count). The molecule has 0 bridgehead atoms. The van der Waals surface area contributed by atoms with E-state index in [9.17, 15) is 23.2 Å². The summed E-state index contributed by atoms with van der Waals surface area (Å²) >= 11 is 1.70. The highest BCUT2D eigenvalue weighted by Gasteiger charge is 2.23. The van der Waals surface area contributed by atoms with E-state index in [1.165, 1.54) is 4.90 Å². The number of nitrogens with one attached hydrogen (secondary N) is 2. The topological polar surface area (TPSA) is 78.5 Å². The van der Waals surface area contributed by atoms with Crippen molar-refractivity contribution in [3.05, 3.63) is 29.3 Å². The molecule has 2 aliphatic heterocycles. The van der Waals surface area contributed by atoms with Crippen LogP contribution in [-0.4, -0.2) is 53.3 Å². The minimum absolute atomic E-state index is 0.0472. The standard InChI is InChI=1S/C19H23F2N3O3S/c20-14-9-15(21)16(8-13(14)19(27)22-12-5-7-28-11-12)23-17(25)10-24-6-3-1-2-4-18(24)26/h8-9,12H,1-7,10-11H2,(H,22,27)(H,23,25). The normalized spacial score (nSPS) is 20.0. The van der Waals surface area contributed by atoms with Crippen LogP contribution in [0, 0.1) is 11.6 Å². The monoisotopic (exact) mass is 411 g/mol. The third kappa shape index (κ3) is 5.21. The molecular weight excluding hydrogens is 388 g/mol. The Morgan fingerprint density at radius 2 is 2.00 bits per heavy atom. The van der Waals surface area contributed by atoms with Crippen LogP contribution in [0.2, 0.25) is 0 Å². The van der Waals surface area contributed by atoms with Crippen LogP contribution in [0.5, 0.6) is 0 Å². The molecule has 1 unspecified atom stereocenters. The third-order valence-corrected chi connectivity index (χ3v) is 6.01. The number of amides is 3. The fraction of sp³-hybridized carbons (Fsp3) is 0.526. The Morgan fingerprint density at radius 3 is 2.75 bits per heavy atom. The fourth-order valence-electron chi connectivity index (χ4n) is 3.30. The van der Waals surface area contributed by atoms with Crippen LogP contribution in [0.15, 0.2) is 12.1 Å². The smallest absolute Gasteiger partial charge is 0.254 e. The summed E-state index contributed by atoms with van der Waals surface area (Å²) in [7, 11) is 0. The number of benzene rings is 1. The van der Waals surface area contributed by atoms with Gasteiger partial charge in [-0.1, -0.05) is 6.42 Å². The first-order valence-corrected chi connectivity index (χ1v) is 10.5. The van der Waals surface area contributed by atoms with Gasteiger partial charge in [0.1, 0.15) is 11.6 Å². The first-order chi connectivity index (χ1) is 13.4. The second kappa shape index (κ2) is 9.36. The van der Waals surface area contributed by atoms with E-state index in [-0.39, 0.29) is 29.7 Å². The summed E-state index contributed by atoms with van der Waals surface area (Å²) in [6.07, 6.45) is 3.72. The Kier molecular flexibility index (Phi) is 6.88. The molecule has 1 atom stereocenters. The first-order valence-electron chi connectivity index (χ1n) is 9.39. The van der Waals surface area contributed by atoms with Gasteiger partial charge < -0.3 is 15.5 Å². The van der Waals surface area contributed by atoms with Crippen molar-refractivity contribution in [2.75, 3.05) is 29.9 Å². The molecule has 6 nitrogen and oxygen atoms in total. The molecule has 0 radical (unpaired) electrons. The van der Waals surface area contributed by atoms with E-state index in [4.69, 9.17) is 0 Å². The Labute approximate surface area is 166 Å². The van der Waals surface area contributed by atoms with Gasteiger partial charge in [0.25, 0.3) is 5.91 Å². The molecule has 0 aromatic heterocycles. The number of rotatable bonds is 5. The molecular formula is C19H23F2N3O3S. The lowest BCUT2D eigenvalue weighted by Crippen LogP contribution is -2.38. The van der Waals surface area contributed by atoms with Gasteiger partial charge in [-0.05, 0) is 31.1 Å². The number of carbonyl (C=O) groups excluding carboxylic acids is 3. The average molecular weight is 411 g/mol. The molecule has 28 heavy (non-hydrogen) atoms. The lowest BCUT2D eigenvalue weighted by atomic mass is 10.1. The summed E-state index contributed by atoms with van der Waals surface area (Å²) in [6.45, 7) is 0.279. The number of hydrogen-bond acceptors (Lipinski definition) is 4. The van der Waals surface area contributed by atoms with Crippen LogP contribution >= 0.6 is 11.8 Å². The number of thioether (sulfide) groups is 1. The van der Waals surface area contributed by atoms with E-state index in [2.05, 4.69) is 10.6 Å². The average Bonchev–Trinajstić information content (AvgIpc) is 3.07. The van der Waals surface area contributed by atoms with E-state index in [0.717, 1.165) is 43.3 Å². The van der Waals surface area contributed by atoms with E-state index >= 15 is 0 Å². The lowest BCUT2D eigenvalue weighted by Gasteiger charge is -2.20. The SMILES string of the molecule is O=C(CN1CCCCCC1=O)Nc1cc(C(=O)NC2CCSC2)c(F)cc1F. The molecule has 2 saturated heterocycles. The molecule has 1 aromatic carbocycles. The summed E-state index contributed by atoms with van der Waals surface area (Å²) in [4.78, 5) is 38.0. The maximum absolute atomic E-state index is 14.1. The van der Waals surface area contributed by atoms with Crippen LogP contribution < -0.4 is 10.6 Å². The second-order valence-corrected chi connectivity index (χ2v) is 8.17. The Morgan fingerprint density at radius 1 is 1.18 bits per heavy atom. The molecule has 9 heteroatoms. The summed E-state index contributed by atoms with van der Waals surface area (Å²) in [5.74, 6) is -1.61. The summed E-state index contributed by atoms with van der Waals surface area (Å²) < 4.78 is 28.2. The number of anilines is 1. The molecule has 3 amide bonds. The maximum atomic E-state index is 14.1. The Bertz CT molecular complexity index is 769. The highest BCUT2D eigenvalue weighted by atomic mass is 32.2. The fourth-order valence-corrected chi connectivity index (χ4v) is 4.45. The zero-order valence-corrected chi connectivity index (χ0v) is 16.2. The number of carbonyl (C=O) groups is 3. The van der Waals surface area contributed by atoms with Gasteiger partial charge >= 0.3 is 0 Å². The summed E-state index contributed by atoms with van der Waals surface area (Å²) in [5.41, 5.74) is -0.598. The molecule has 152 valence electrons. The predicted molar refractivity (Wildman–Crippen MR) is 103 cm³/mol. The van der Waals surface area contributed by atoms with Crippen LogP contribution in [0.4, 0.5) is 14.5 Å². The molecule has 0 spiro atoms. The van der Waals surface area contributed by atoms with Crippen molar-refractivity contribution in [2.45, 2.75) is 38.1 Å². The highest BCUT2D eigenvalue weighted by molar-refractivity contribution is 7.99. The third-order valence-electron chi connectivity index (χ3n) is 4.85. The molecule has 2 heterocycles. The minimum Gasteiger partial charge on any atom is -0.348 e. The molecule has 0 saturated carbocycles. The zero-order valence-electron chi connectivity index (χ0n) is 15.4. The summed E-state index contributed by atoms with van der Waals surface area (Å²) in [6, 6.07) is 1.55. The van der Waals surface area contributed by atoms with Crippen molar-refractivity contribution in [1.29, 1.82) is 0 Å². The molecule has 2 aliphatic rings. The lowest BCUT2D eigenvalue weighted by molar-refractivity contribution is -0.134. The predicted octanol–water partition coefficient (Wildman–Crippen LogP) is 2.54. The first kappa shape index (κ1) is 20.6. The molecule has 0 aliphatic carbocycles. The number of halogens is 2. The zero-order chi connectivity index (χ0) is 20.1. The van der Waals surface area contributed by atoms with Crippen LogP contribution in [-0.2, 0) is 9.59 Å². The van der Waals surface area contributed by atoms with Gasteiger partial charge in [-0.25, -0.2) is 8.78 Å². The van der Waals surface area contributed by atoms with Crippen molar-refractivity contribution in [2.24, 2.45) is 0 Å². The van der Waals surface area contributed by atoms with Crippen molar-refractivity contribution in [1.82, 2.24) is 10.2 Å². The van der Waals surface area contributed by atoms with Crippen molar-refractivity contribution < 1.29 is 23.2 Å². The minimum atomic E-state index is -0.985. The maximum Gasteiger partial charge on any atom is 0.254 e. The molecule has 1 aromatic rings. The van der Waals surface area contributed by atoms with Gasteiger partial charge in [-0.3, -0.25) is 14.4 Å². The van der Waals surface area contributed by atoms with E-state index in [1.807, 2.05) is 0 Å². The van der Waals surface area contributed by atoms with Gasteiger partial charge in [-0.2, -0.15) is 11.8 Å². The van der Waals surface area contributed by atoms with Gasteiger partial charge in [-0.15, -0.1) is 0 Å². The van der Waals surface area contributed by atoms with Crippen LogP contribution in [0.3, 0.4) is 0 Å². The number of nitrogens with zero attached hydrogens (tertiary/aromatic N) is 1. The Hall–Kier alpha value is -2.16. The van der Waals surface area contributed by atoms with Crippen LogP contribution in [0.1, 0.15) is 42.5 Å². The van der Waals surface area contributed by atoms with E-state index in [0.29, 0.717) is 19.0 Å². The van der Waals surface area contributed by atoms with Gasteiger partial charge in [0.15, 0.2) is 0 Å². The van der Waals surface area contributed by atoms with Crippen molar-refractivity contribution in [3.63, 3.8) is 0 Å². The largest absolute Gasteiger partial charge is 0.348 e. The summed E-state index contributed by atoms with van der Waals surface area (Å²) in [5, 5.41) is 5.08. The van der Waals surface area contributed by atoms with E-state index in [1.54, 1.807) is 11.8 Å². The molecule has 2 fully saturated rings. The quantitative estimate of drug-likeness (QED) is 0.781. The number of likely N-dealkylation sites (tertiary alicyclic amines) is 1. The number of hydrogen-bond donors (Lipinski definition) is 2. The van der Waals surface area contributed by atoms with Crippen LogP contribution in [0.25, 0.3) is 0 Å². The van der Waals surface area contributed by atoms with Gasteiger partial charge in [0.2, 0.25) is 11.8 Å². The van der Waals surface area contributed by atoms with Crippen molar-refractivity contribution in [3.8, 4) is 0 Å². The highest BCUT2D eigenvalue weighted by Crippen LogP contribution is 2.22.